The van der Waals surface area contributed by atoms with Crippen molar-refractivity contribution in [1.82, 2.24) is 10.6 Å². The lowest BCUT2D eigenvalue weighted by atomic mass is 10.1. The Labute approximate surface area is 181 Å². The molecule has 0 fully saturated rings. The number of aliphatic imine (C=N–C) groups is 2. The summed E-state index contributed by atoms with van der Waals surface area (Å²) in [6, 6.07) is 14.9. The third-order valence-corrected chi connectivity index (χ3v) is 5.00. The molecular weight excluding hydrogens is 392 g/mol. The van der Waals surface area contributed by atoms with Gasteiger partial charge < -0.3 is 21.3 Å². The van der Waals surface area contributed by atoms with Crippen molar-refractivity contribution in [2.45, 2.75) is 19.3 Å². The molecule has 8 nitrogen and oxygen atoms in total. The molecule has 2 aromatic rings. The van der Waals surface area contributed by atoms with E-state index in [1.165, 1.54) is 0 Å². The number of carbonyl (C=O) groups is 2. The third-order valence-electron chi connectivity index (χ3n) is 5.00. The van der Waals surface area contributed by atoms with E-state index in [9.17, 15) is 9.59 Å². The first-order valence-electron chi connectivity index (χ1n) is 10.5. The van der Waals surface area contributed by atoms with Gasteiger partial charge in [0.05, 0.1) is 0 Å². The number of hydrogen-bond donors (Lipinski definition) is 4. The molecule has 0 atom stereocenters. The van der Waals surface area contributed by atoms with E-state index >= 15 is 0 Å². The molecule has 0 saturated carbocycles. The van der Waals surface area contributed by atoms with Crippen LogP contribution in [0.25, 0.3) is 0 Å². The molecule has 0 bridgehead atoms. The number of hydrogen-bond acceptors (Lipinski definition) is 6. The molecule has 0 aliphatic carbocycles. The third kappa shape index (κ3) is 5.69. The van der Waals surface area contributed by atoms with Crippen LogP contribution in [0.3, 0.4) is 0 Å². The molecule has 0 saturated heterocycles. The van der Waals surface area contributed by atoms with Gasteiger partial charge in [-0.25, -0.2) is 0 Å². The van der Waals surface area contributed by atoms with Crippen LogP contribution in [0.1, 0.15) is 30.4 Å². The molecule has 2 aromatic carbocycles. The molecule has 0 aromatic heterocycles. The lowest BCUT2D eigenvalue weighted by molar-refractivity contribution is -0.123. The summed E-state index contributed by atoms with van der Waals surface area (Å²) in [5.41, 5.74) is 3.24. The molecule has 4 rings (SSSR count). The number of rotatable bonds is 6. The van der Waals surface area contributed by atoms with Crippen molar-refractivity contribution in [2.75, 3.05) is 36.8 Å². The van der Waals surface area contributed by atoms with E-state index in [4.69, 9.17) is 0 Å². The minimum atomic E-state index is -0.365. The van der Waals surface area contributed by atoms with E-state index in [0.717, 1.165) is 61.8 Å². The number of nitrogens with one attached hydrogen (secondary N) is 4. The van der Waals surface area contributed by atoms with Crippen LogP contribution in [0.4, 0.5) is 11.4 Å². The first-order chi connectivity index (χ1) is 15.2. The smallest absolute Gasteiger partial charge is 0.233 e. The molecule has 0 radical (unpaired) electrons. The van der Waals surface area contributed by atoms with Crippen molar-refractivity contribution in [3.05, 3.63) is 59.7 Å². The van der Waals surface area contributed by atoms with Crippen LogP contribution in [0.2, 0.25) is 0 Å². The second-order valence-electron chi connectivity index (χ2n) is 7.45. The Morgan fingerprint density at radius 3 is 1.48 bits per heavy atom. The number of benzene rings is 2. The summed E-state index contributed by atoms with van der Waals surface area (Å²) in [6.45, 7) is 3.48. The average Bonchev–Trinajstić information content (AvgIpc) is 2.81. The lowest BCUT2D eigenvalue weighted by Crippen LogP contribution is -2.30. The highest BCUT2D eigenvalue weighted by Gasteiger charge is 2.12. The van der Waals surface area contributed by atoms with Gasteiger partial charge in [-0.15, -0.1) is 0 Å². The Balaban J connectivity index is 1.27. The van der Waals surface area contributed by atoms with Gasteiger partial charge in [-0.3, -0.25) is 19.6 Å². The molecule has 0 spiro atoms. The van der Waals surface area contributed by atoms with E-state index in [-0.39, 0.29) is 18.2 Å². The Hall–Kier alpha value is -3.68. The second-order valence-corrected chi connectivity index (χ2v) is 7.45. The van der Waals surface area contributed by atoms with E-state index in [1.54, 1.807) is 0 Å². The zero-order valence-electron chi connectivity index (χ0n) is 17.3. The summed E-state index contributed by atoms with van der Waals surface area (Å²) in [4.78, 5) is 33.4. The molecule has 8 heteroatoms. The van der Waals surface area contributed by atoms with E-state index < -0.39 is 0 Å². The van der Waals surface area contributed by atoms with E-state index in [1.807, 2.05) is 48.5 Å². The van der Waals surface area contributed by atoms with Gasteiger partial charge in [0, 0.05) is 48.7 Å². The zero-order chi connectivity index (χ0) is 21.5. The van der Waals surface area contributed by atoms with Crippen molar-refractivity contribution in [3.8, 4) is 0 Å². The maximum atomic E-state index is 12.2. The summed E-state index contributed by atoms with van der Waals surface area (Å²) in [7, 11) is 0. The van der Waals surface area contributed by atoms with Gasteiger partial charge >= 0.3 is 0 Å². The highest BCUT2D eigenvalue weighted by molar-refractivity contribution is 6.08. The van der Waals surface area contributed by atoms with Crippen LogP contribution in [0.5, 0.6) is 0 Å². The fraction of sp³-hybridized carbons (Fsp3) is 0.304. The Kier molecular flexibility index (Phi) is 6.56. The van der Waals surface area contributed by atoms with Gasteiger partial charge in [0.15, 0.2) is 0 Å². The Morgan fingerprint density at radius 1 is 0.710 bits per heavy atom. The molecule has 2 aliphatic rings. The first kappa shape index (κ1) is 20.6. The average molecular weight is 419 g/mol. The SMILES string of the molecule is O=C(CC(=O)Nc1ccc(C2=NCCCN2)cc1)Nc1ccc(C2=NCCCN2)cc1. The summed E-state index contributed by atoms with van der Waals surface area (Å²) in [5.74, 6) is 1.02. The topological polar surface area (TPSA) is 107 Å². The fourth-order valence-electron chi connectivity index (χ4n) is 3.43. The predicted molar refractivity (Wildman–Crippen MR) is 123 cm³/mol. The molecule has 2 aliphatic heterocycles. The van der Waals surface area contributed by atoms with E-state index in [2.05, 4.69) is 31.3 Å². The van der Waals surface area contributed by atoms with Crippen LogP contribution in [-0.4, -0.2) is 49.7 Å². The minimum absolute atomic E-state index is 0.258. The van der Waals surface area contributed by atoms with Crippen molar-refractivity contribution < 1.29 is 9.59 Å². The van der Waals surface area contributed by atoms with Gasteiger partial charge in [0.25, 0.3) is 0 Å². The Bertz CT molecular complexity index is 914. The second kappa shape index (κ2) is 9.88. The lowest BCUT2D eigenvalue weighted by Gasteiger charge is -2.15. The van der Waals surface area contributed by atoms with Crippen molar-refractivity contribution in [1.29, 1.82) is 0 Å². The Morgan fingerprint density at radius 2 is 1.13 bits per heavy atom. The summed E-state index contributed by atoms with van der Waals surface area (Å²) < 4.78 is 0. The van der Waals surface area contributed by atoms with Crippen molar-refractivity contribution in [2.24, 2.45) is 9.98 Å². The van der Waals surface area contributed by atoms with Crippen LogP contribution < -0.4 is 21.3 Å². The number of anilines is 2. The number of carbonyl (C=O) groups excluding carboxylic acids is 2. The van der Waals surface area contributed by atoms with E-state index in [0.29, 0.717) is 11.4 Å². The number of nitrogens with zero attached hydrogens (tertiary/aromatic N) is 2. The molecule has 0 unspecified atom stereocenters. The molecule has 31 heavy (non-hydrogen) atoms. The summed E-state index contributed by atoms with van der Waals surface area (Å²) in [5, 5.41) is 12.0. The molecule has 2 heterocycles. The number of amidine groups is 2. The highest BCUT2D eigenvalue weighted by Crippen LogP contribution is 2.13. The maximum absolute atomic E-state index is 12.2. The zero-order valence-corrected chi connectivity index (χ0v) is 17.3. The normalized spacial score (nSPS) is 15.6. The molecule has 2 amide bonds. The predicted octanol–water partition coefficient (Wildman–Crippen LogP) is 2.13. The first-order valence-corrected chi connectivity index (χ1v) is 10.5. The highest BCUT2D eigenvalue weighted by atomic mass is 16.2. The van der Waals surface area contributed by atoms with Gasteiger partial charge in [0.2, 0.25) is 11.8 Å². The van der Waals surface area contributed by atoms with Crippen molar-refractivity contribution >= 4 is 34.9 Å². The summed E-state index contributed by atoms with van der Waals surface area (Å²) in [6.07, 6.45) is 1.82. The van der Waals surface area contributed by atoms with Crippen LogP contribution in [0.15, 0.2) is 58.5 Å². The van der Waals surface area contributed by atoms with Gasteiger partial charge in [-0.1, -0.05) is 0 Å². The van der Waals surface area contributed by atoms with Gasteiger partial charge in [-0.05, 0) is 61.4 Å². The molecule has 160 valence electrons. The summed E-state index contributed by atoms with van der Waals surface area (Å²) >= 11 is 0. The number of amides is 2. The van der Waals surface area contributed by atoms with Crippen molar-refractivity contribution in [3.63, 3.8) is 0 Å². The largest absolute Gasteiger partial charge is 0.370 e. The van der Waals surface area contributed by atoms with Gasteiger partial charge in [0.1, 0.15) is 18.1 Å². The molecular formula is C23H26N6O2. The molecule has 4 N–H and O–H groups in total. The van der Waals surface area contributed by atoms with Gasteiger partial charge in [-0.2, -0.15) is 0 Å². The van der Waals surface area contributed by atoms with Crippen LogP contribution in [0, 0.1) is 0 Å². The van der Waals surface area contributed by atoms with Crippen LogP contribution >= 0.6 is 0 Å². The standard InChI is InChI=1S/C23H26N6O2/c30-20(28-18-7-3-16(4-8-18)22-24-11-1-12-25-22)15-21(31)29-19-9-5-17(6-10-19)23-26-13-2-14-27-23/h3-10H,1-2,11-15H2,(H,24,25)(H,26,27)(H,28,30)(H,29,31). The minimum Gasteiger partial charge on any atom is -0.370 e. The quantitative estimate of drug-likeness (QED) is 0.539. The maximum Gasteiger partial charge on any atom is 0.233 e. The van der Waals surface area contributed by atoms with Crippen LogP contribution in [-0.2, 0) is 9.59 Å². The fourth-order valence-corrected chi connectivity index (χ4v) is 3.43. The monoisotopic (exact) mass is 418 g/mol.